The molecule has 1 aromatic carbocycles. The van der Waals surface area contributed by atoms with E-state index in [1.54, 1.807) is 7.05 Å². The number of amidine groups is 1. The van der Waals surface area contributed by atoms with Crippen LogP contribution in [0.4, 0.5) is 0 Å². The standard InChI is InChI=1S/C16H26N2O2/c1-15(2,3)11-8-10(14(17-7)18-20)9-12(13(11)19)16(4,5)6/h8-9,19-20H,1-7H3,(H,17,18). The number of aromatic hydroxyl groups is 1. The Bertz CT molecular complexity index is 485. The third-order valence-electron chi connectivity index (χ3n) is 3.33. The summed E-state index contributed by atoms with van der Waals surface area (Å²) in [5.74, 6) is 0.711. The van der Waals surface area contributed by atoms with Gasteiger partial charge in [0.05, 0.1) is 0 Å². The van der Waals surface area contributed by atoms with Gasteiger partial charge in [-0.1, -0.05) is 41.5 Å². The van der Waals surface area contributed by atoms with Gasteiger partial charge in [-0.3, -0.25) is 15.7 Å². The van der Waals surface area contributed by atoms with Gasteiger partial charge >= 0.3 is 0 Å². The molecule has 0 bridgehead atoms. The smallest absolute Gasteiger partial charge is 0.151 e. The van der Waals surface area contributed by atoms with Crippen LogP contribution in [-0.2, 0) is 10.8 Å². The van der Waals surface area contributed by atoms with Crippen LogP contribution in [0.2, 0.25) is 0 Å². The second-order valence-electron chi connectivity index (χ2n) is 7.10. The minimum Gasteiger partial charge on any atom is -0.507 e. The number of rotatable bonds is 1. The maximum absolute atomic E-state index is 10.6. The highest BCUT2D eigenvalue weighted by atomic mass is 16.5. The molecule has 0 saturated heterocycles. The lowest BCUT2D eigenvalue weighted by atomic mass is 9.78. The molecule has 0 unspecified atom stereocenters. The highest BCUT2D eigenvalue weighted by Gasteiger charge is 2.27. The topological polar surface area (TPSA) is 64.9 Å². The lowest BCUT2D eigenvalue weighted by Crippen LogP contribution is -2.24. The Balaban J connectivity index is 3.67. The van der Waals surface area contributed by atoms with Gasteiger partial charge in [-0.05, 0) is 23.0 Å². The number of nitrogens with one attached hydrogen (secondary N) is 1. The van der Waals surface area contributed by atoms with Gasteiger partial charge in [0.2, 0.25) is 0 Å². The molecule has 0 fully saturated rings. The van der Waals surface area contributed by atoms with Crippen molar-refractivity contribution >= 4 is 5.84 Å². The number of hydrogen-bond acceptors (Lipinski definition) is 3. The fourth-order valence-electron chi connectivity index (χ4n) is 2.16. The zero-order chi connectivity index (χ0) is 15.7. The molecule has 0 aliphatic rings. The molecule has 4 heteroatoms. The first kappa shape index (κ1) is 16.5. The van der Waals surface area contributed by atoms with Crippen molar-refractivity contribution < 1.29 is 10.3 Å². The van der Waals surface area contributed by atoms with E-state index in [1.165, 1.54) is 0 Å². The van der Waals surface area contributed by atoms with Crippen molar-refractivity contribution in [1.82, 2.24) is 5.48 Å². The lowest BCUT2D eigenvalue weighted by molar-refractivity contribution is 0.235. The summed E-state index contributed by atoms with van der Waals surface area (Å²) in [6.45, 7) is 12.3. The zero-order valence-electron chi connectivity index (χ0n) is 13.5. The molecule has 1 aromatic rings. The lowest BCUT2D eigenvalue weighted by Gasteiger charge is -2.28. The van der Waals surface area contributed by atoms with Crippen LogP contribution in [0.1, 0.15) is 58.2 Å². The SMILES string of the molecule is CN=C(NO)c1cc(C(C)(C)C)c(O)c(C(C)(C)C)c1. The summed E-state index contributed by atoms with van der Waals surface area (Å²) < 4.78 is 0. The van der Waals surface area contributed by atoms with Crippen LogP contribution in [0, 0.1) is 0 Å². The summed E-state index contributed by atoms with van der Waals surface area (Å²) in [6, 6.07) is 3.74. The largest absolute Gasteiger partial charge is 0.507 e. The molecule has 4 nitrogen and oxygen atoms in total. The van der Waals surface area contributed by atoms with Gasteiger partial charge in [0.1, 0.15) is 5.75 Å². The summed E-state index contributed by atoms with van der Waals surface area (Å²) in [5.41, 5.74) is 4.17. The average molecular weight is 278 g/mol. The van der Waals surface area contributed by atoms with E-state index < -0.39 is 0 Å². The molecule has 0 heterocycles. The summed E-state index contributed by atoms with van der Waals surface area (Å²) in [7, 11) is 1.61. The molecule has 20 heavy (non-hydrogen) atoms. The van der Waals surface area contributed by atoms with Gasteiger partial charge in [-0.2, -0.15) is 0 Å². The predicted octanol–water partition coefficient (Wildman–Crippen LogP) is 3.34. The third-order valence-corrected chi connectivity index (χ3v) is 3.33. The van der Waals surface area contributed by atoms with E-state index in [4.69, 9.17) is 0 Å². The molecule has 0 aliphatic carbocycles. The van der Waals surface area contributed by atoms with E-state index in [0.717, 1.165) is 16.7 Å². The van der Waals surface area contributed by atoms with Crippen LogP contribution < -0.4 is 5.48 Å². The fraction of sp³-hybridized carbons (Fsp3) is 0.562. The number of phenols is 1. The molecule has 0 amide bonds. The summed E-state index contributed by atoms with van der Waals surface area (Å²) in [6.07, 6.45) is 0. The van der Waals surface area contributed by atoms with Crippen molar-refractivity contribution in [3.05, 3.63) is 28.8 Å². The quantitative estimate of drug-likeness (QED) is 0.419. The molecule has 0 saturated carbocycles. The van der Waals surface area contributed by atoms with Crippen LogP contribution >= 0.6 is 0 Å². The summed E-state index contributed by atoms with van der Waals surface area (Å²) >= 11 is 0. The Kier molecular flexibility index (Phi) is 4.49. The summed E-state index contributed by atoms with van der Waals surface area (Å²) in [5, 5.41) is 19.8. The predicted molar refractivity (Wildman–Crippen MR) is 82.9 cm³/mol. The van der Waals surface area contributed by atoms with E-state index in [9.17, 15) is 10.3 Å². The monoisotopic (exact) mass is 278 g/mol. The van der Waals surface area contributed by atoms with Crippen LogP contribution in [0.25, 0.3) is 0 Å². The average Bonchev–Trinajstić information content (AvgIpc) is 2.29. The van der Waals surface area contributed by atoms with Crippen molar-refractivity contribution in [2.24, 2.45) is 4.99 Å². The Hall–Kier alpha value is -1.55. The van der Waals surface area contributed by atoms with Crippen LogP contribution in [0.5, 0.6) is 5.75 Å². The zero-order valence-corrected chi connectivity index (χ0v) is 13.5. The Morgan fingerprint density at radius 1 is 1.00 bits per heavy atom. The molecular weight excluding hydrogens is 252 g/mol. The minimum absolute atomic E-state index is 0.200. The molecular formula is C16H26N2O2. The van der Waals surface area contributed by atoms with Crippen molar-refractivity contribution in [2.75, 3.05) is 7.05 Å². The highest BCUT2D eigenvalue weighted by molar-refractivity contribution is 5.98. The first-order valence-corrected chi connectivity index (χ1v) is 6.77. The molecule has 0 aliphatic heterocycles. The van der Waals surface area contributed by atoms with E-state index in [-0.39, 0.29) is 10.8 Å². The second kappa shape index (κ2) is 5.44. The van der Waals surface area contributed by atoms with E-state index in [0.29, 0.717) is 11.6 Å². The van der Waals surface area contributed by atoms with Crippen molar-refractivity contribution in [3.8, 4) is 5.75 Å². The second-order valence-corrected chi connectivity index (χ2v) is 7.10. The normalized spacial score (nSPS) is 13.5. The number of nitrogens with zero attached hydrogens (tertiary/aromatic N) is 1. The van der Waals surface area contributed by atoms with E-state index in [2.05, 4.69) is 10.5 Å². The van der Waals surface area contributed by atoms with Gasteiger partial charge in [-0.25, -0.2) is 0 Å². The van der Waals surface area contributed by atoms with Crippen molar-refractivity contribution in [1.29, 1.82) is 0 Å². The number of hydrogen-bond donors (Lipinski definition) is 3. The molecule has 3 N–H and O–H groups in total. The van der Waals surface area contributed by atoms with Gasteiger partial charge in [0.25, 0.3) is 0 Å². The van der Waals surface area contributed by atoms with Crippen molar-refractivity contribution in [3.63, 3.8) is 0 Å². The maximum Gasteiger partial charge on any atom is 0.151 e. The Morgan fingerprint density at radius 2 is 1.40 bits per heavy atom. The Labute approximate surface area is 121 Å². The van der Waals surface area contributed by atoms with E-state index in [1.807, 2.05) is 53.7 Å². The molecule has 0 radical (unpaired) electrons. The fourth-order valence-corrected chi connectivity index (χ4v) is 2.16. The number of benzene rings is 1. The van der Waals surface area contributed by atoms with Crippen LogP contribution in [0.3, 0.4) is 0 Å². The maximum atomic E-state index is 10.6. The van der Waals surface area contributed by atoms with Crippen LogP contribution in [0.15, 0.2) is 17.1 Å². The molecule has 0 atom stereocenters. The highest BCUT2D eigenvalue weighted by Crippen LogP contribution is 2.39. The van der Waals surface area contributed by atoms with E-state index >= 15 is 0 Å². The number of hydroxylamine groups is 1. The van der Waals surface area contributed by atoms with Crippen LogP contribution in [-0.4, -0.2) is 23.2 Å². The minimum atomic E-state index is -0.200. The molecule has 112 valence electrons. The Morgan fingerprint density at radius 3 is 1.65 bits per heavy atom. The number of aliphatic imine (C=N–C) groups is 1. The molecule has 0 aromatic heterocycles. The first-order valence-electron chi connectivity index (χ1n) is 6.77. The molecule has 1 rings (SSSR count). The number of phenolic OH excluding ortho intramolecular Hbond substituents is 1. The van der Waals surface area contributed by atoms with Gasteiger partial charge in [-0.15, -0.1) is 0 Å². The first-order chi connectivity index (χ1) is 9.02. The third kappa shape index (κ3) is 3.31. The van der Waals surface area contributed by atoms with Gasteiger partial charge < -0.3 is 5.11 Å². The summed E-state index contributed by atoms with van der Waals surface area (Å²) in [4.78, 5) is 4.03. The van der Waals surface area contributed by atoms with Gasteiger partial charge in [0.15, 0.2) is 5.84 Å². The molecule has 0 spiro atoms. The van der Waals surface area contributed by atoms with Crippen molar-refractivity contribution in [2.45, 2.75) is 52.4 Å². The van der Waals surface area contributed by atoms with Gasteiger partial charge in [0, 0.05) is 23.7 Å².